The largest absolute Gasteiger partial charge is 0.436 e. The lowest BCUT2D eigenvalue weighted by Crippen LogP contribution is -2.18. The first-order valence-electron chi connectivity index (χ1n) is 11.2. The van der Waals surface area contributed by atoms with Gasteiger partial charge < -0.3 is 8.83 Å². The topological polar surface area (TPSA) is 52.1 Å². The highest BCUT2D eigenvalue weighted by atomic mass is 19.1. The number of nitrogens with zero attached hydrogens (tertiary/aromatic N) is 2. The van der Waals surface area contributed by atoms with Crippen molar-refractivity contribution in [3.05, 3.63) is 108 Å². The van der Waals surface area contributed by atoms with Crippen LogP contribution in [0.5, 0.6) is 0 Å². The second-order valence-corrected chi connectivity index (χ2v) is 9.04. The van der Waals surface area contributed by atoms with Crippen molar-refractivity contribution in [3.8, 4) is 22.9 Å². The minimum Gasteiger partial charge on any atom is -0.436 e. The molecule has 0 saturated carbocycles. The van der Waals surface area contributed by atoms with Crippen LogP contribution in [0.3, 0.4) is 0 Å². The molecule has 0 fully saturated rings. The van der Waals surface area contributed by atoms with Gasteiger partial charge >= 0.3 is 0 Å². The van der Waals surface area contributed by atoms with Crippen LogP contribution in [0.15, 0.2) is 93.8 Å². The van der Waals surface area contributed by atoms with E-state index in [1.165, 1.54) is 24.3 Å². The highest BCUT2D eigenvalue weighted by Gasteiger charge is 2.25. The molecule has 0 N–H and O–H groups in total. The molecule has 6 heteroatoms. The van der Waals surface area contributed by atoms with Gasteiger partial charge in [-0.2, -0.15) is 0 Å². The van der Waals surface area contributed by atoms with Crippen LogP contribution in [0.4, 0.5) is 8.78 Å². The summed E-state index contributed by atoms with van der Waals surface area (Å²) >= 11 is 0. The Morgan fingerprint density at radius 2 is 0.971 bits per heavy atom. The Hall–Kier alpha value is -4.32. The molecule has 2 aromatic heterocycles. The van der Waals surface area contributed by atoms with Crippen molar-refractivity contribution >= 4 is 22.2 Å². The fourth-order valence-corrected chi connectivity index (χ4v) is 4.23. The van der Waals surface area contributed by atoms with Crippen LogP contribution in [-0.2, 0) is 5.41 Å². The minimum absolute atomic E-state index is 0.303. The van der Waals surface area contributed by atoms with Gasteiger partial charge in [-0.1, -0.05) is 26.0 Å². The van der Waals surface area contributed by atoms with Gasteiger partial charge in [-0.3, -0.25) is 0 Å². The molecule has 2 heterocycles. The smallest absolute Gasteiger partial charge is 0.227 e. The van der Waals surface area contributed by atoms with Gasteiger partial charge in [-0.05, 0) is 83.9 Å². The molecule has 0 aliphatic carbocycles. The van der Waals surface area contributed by atoms with Crippen LogP contribution >= 0.6 is 0 Å². The molecule has 0 radical (unpaired) electrons. The van der Waals surface area contributed by atoms with Gasteiger partial charge in [0.05, 0.1) is 0 Å². The van der Waals surface area contributed by atoms with Crippen LogP contribution in [-0.4, -0.2) is 9.97 Å². The van der Waals surface area contributed by atoms with Crippen LogP contribution in [0.1, 0.15) is 25.0 Å². The van der Waals surface area contributed by atoms with E-state index >= 15 is 0 Å². The summed E-state index contributed by atoms with van der Waals surface area (Å²) in [5.41, 5.74) is 5.95. The van der Waals surface area contributed by atoms with E-state index in [1.807, 2.05) is 36.4 Å². The average molecular weight is 466 g/mol. The Labute approximate surface area is 199 Å². The van der Waals surface area contributed by atoms with Gasteiger partial charge in [-0.15, -0.1) is 0 Å². The third-order valence-corrected chi connectivity index (χ3v) is 6.40. The van der Waals surface area contributed by atoms with Crippen molar-refractivity contribution < 1.29 is 17.6 Å². The Morgan fingerprint density at radius 1 is 0.571 bits per heavy atom. The number of halogens is 2. The highest BCUT2D eigenvalue weighted by molar-refractivity contribution is 5.79. The quantitative estimate of drug-likeness (QED) is 0.265. The van der Waals surface area contributed by atoms with Gasteiger partial charge in [0.1, 0.15) is 22.7 Å². The van der Waals surface area contributed by atoms with Crippen molar-refractivity contribution in [2.45, 2.75) is 19.3 Å². The molecule has 0 aliphatic heterocycles. The standard InChI is InChI=1S/C29H20F2N2O2/c1-29(2,19-7-13-23-25(15-19)34-27(32-23)17-3-9-21(30)10-4-17)20-8-14-24-26(16-20)35-28(33-24)18-5-11-22(31)12-6-18/h3-16H,1-2H3. The molecule has 0 spiro atoms. The van der Waals surface area contributed by atoms with E-state index in [1.54, 1.807) is 24.3 Å². The summed E-state index contributed by atoms with van der Waals surface area (Å²) in [6.07, 6.45) is 0. The maximum atomic E-state index is 13.3. The van der Waals surface area contributed by atoms with Gasteiger partial charge in [0.15, 0.2) is 11.2 Å². The molecule has 4 nitrogen and oxygen atoms in total. The monoisotopic (exact) mass is 466 g/mol. The second kappa shape index (κ2) is 7.87. The number of benzene rings is 4. The third kappa shape index (κ3) is 3.77. The number of hydrogen-bond donors (Lipinski definition) is 0. The Morgan fingerprint density at radius 3 is 1.37 bits per heavy atom. The van der Waals surface area contributed by atoms with E-state index < -0.39 is 0 Å². The van der Waals surface area contributed by atoms with E-state index in [9.17, 15) is 8.78 Å². The summed E-state index contributed by atoms with van der Waals surface area (Å²) in [6, 6.07) is 24.1. The first-order valence-corrected chi connectivity index (χ1v) is 11.2. The van der Waals surface area contributed by atoms with Crippen LogP contribution < -0.4 is 0 Å². The first kappa shape index (κ1) is 21.2. The normalized spacial score (nSPS) is 12.0. The van der Waals surface area contributed by atoms with Gasteiger partial charge in [0.25, 0.3) is 0 Å². The van der Waals surface area contributed by atoms with Gasteiger partial charge in [-0.25, -0.2) is 18.7 Å². The number of oxazole rings is 2. The Bertz CT molecular complexity index is 1560. The van der Waals surface area contributed by atoms with Crippen molar-refractivity contribution in [1.82, 2.24) is 9.97 Å². The molecule has 4 aromatic carbocycles. The molecule has 6 aromatic rings. The maximum absolute atomic E-state index is 13.3. The van der Waals surface area contributed by atoms with E-state index in [-0.39, 0.29) is 17.0 Å². The third-order valence-electron chi connectivity index (χ3n) is 6.40. The Kier molecular flexibility index (Phi) is 4.78. The highest BCUT2D eigenvalue weighted by Crippen LogP contribution is 2.36. The fraction of sp³-hybridized carbons (Fsp3) is 0.103. The summed E-state index contributed by atoms with van der Waals surface area (Å²) in [4.78, 5) is 9.10. The lowest BCUT2D eigenvalue weighted by molar-refractivity contribution is 0.605. The minimum atomic E-state index is -0.367. The number of fused-ring (bicyclic) bond motifs is 2. The molecule has 0 amide bonds. The molecular formula is C29H20F2N2O2. The van der Waals surface area contributed by atoms with Crippen molar-refractivity contribution in [2.24, 2.45) is 0 Å². The average Bonchev–Trinajstić information content (AvgIpc) is 3.48. The van der Waals surface area contributed by atoms with E-state index in [4.69, 9.17) is 8.83 Å². The zero-order valence-corrected chi connectivity index (χ0v) is 19.0. The number of aromatic nitrogens is 2. The SMILES string of the molecule is CC(C)(c1ccc2nc(-c3ccc(F)cc3)oc2c1)c1ccc2nc(-c3ccc(F)cc3)oc2c1. The van der Waals surface area contributed by atoms with Crippen LogP contribution in [0, 0.1) is 11.6 Å². The molecule has 35 heavy (non-hydrogen) atoms. The van der Waals surface area contributed by atoms with Gasteiger partial charge in [0.2, 0.25) is 11.8 Å². The van der Waals surface area contributed by atoms with Crippen molar-refractivity contribution in [1.29, 1.82) is 0 Å². The van der Waals surface area contributed by atoms with E-state index in [2.05, 4.69) is 23.8 Å². The Balaban J connectivity index is 1.36. The number of hydrogen-bond acceptors (Lipinski definition) is 4. The summed E-state index contributed by atoms with van der Waals surface area (Å²) in [6.45, 7) is 4.26. The molecule has 0 aliphatic rings. The number of rotatable bonds is 4. The first-order chi connectivity index (χ1) is 16.9. The summed E-state index contributed by atoms with van der Waals surface area (Å²) in [5.74, 6) is 0.294. The molecule has 172 valence electrons. The summed E-state index contributed by atoms with van der Waals surface area (Å²) < 4.78 is 38.6. The van der Waals surface area contributed by atoms with Crippen LogP contribution in [0.2, 0.25) is 0 Å². The predicted molar refractivity (Wildman–Crippen MR) is 131 cm³/mol. The molecule has 0 bridgehead atoms. The molecule has 0 unspecified atom stereocenters. The zero-order chi connectivity index (χ0) is 24.2. The van der Waals surface area contributed by atoms with E-state index in [0.29, 0.717) is 22.9 Å². The molecule has 6 rings (SSSR count). The maximum Gasteiger partial charge on any atom is 0.227 e. The summed E-state index contributed by atoms with van der Waals surface area (Å²) in [7, 11) is 0. The molecule has 0 atom stereocenters. The zero-order valence-electron chi connectivity index (χ0n) is 19.0. The predicted octanol–water partition coefficient (Wildman–Crippen LogP) is 7.91. The lowest BCUT2D eigenvalue weighted by Gasteiger charge is -2.25. The van der Waals surface area contributed by atoms with Crippen molar-refractivity contribution in [3.63, 3.8) is 0 Å². The van der Waals surface area contributed by atoms with Crippen molar-refractivity contribution in [2.75, 3.05) is 0 Å². The molecular weight excluding hydrogens is 446 g/mol. The second-order valence-electron chi connectivity index (χ2n) is 9.04. The molecule has 0 saturated heterocycles. The van der Waals surface area contributed by atoms with E-state index in [0.717, 1.165) is 33.3 Å². The lowest BCUT2D eigenvalue weighted by atomic mass is 9.78. The van der Waals surface area contributed by atoms with Gasteiger partial charge in [0, 0.05) is 16.5 Å². The van der Waals surface area contributed by atoms with Crippen LogP contribution in [0.25, 0.3) is 45.1 Å². The fourth-order valence-electron chi connectivity index (χ4n) is 4.23. The summed E-state index contributed by atoms with van der Waals surface area (Å²) in [5, 5.41) is 0.